The number of benzene rings is 2. The molecule has 242 valence electrons. The molecule has 46 heavy (non-hydrogen) atoms. The Bertz CT molecular complexity index is 1850. The number of ether oxygens (including phenoxy) is 1. The van der Waals surface area contributed by atoms with Crippen molar-refractivity contribution < 1.29 is 19.1 Å². The predicted molar refractivity (Wildman–Crippen MR) is 181 cm³/mol. The van der Waals surface area contributed by atoms with Gasteiger partial charge >= 0.3 is 5.97 Å². The van der Waals surface area contributed by atoms with Crippen LogP contribution in [0.15, 0.2) is 54.9 Å². The van der Waals surface area contributed by atoms with Gasteiger partial charge in [-0.15, -0.1) is 0 Å². The number of carbonyl (C=O) groups is 1. The fraction of sp³-hybridized carbons (Fsp3) is 0.424. The molecule has 4 heterocycles. The number of fused-ring (bicyclic) bond motifs is 2. The van der Waals surface area contributed by atoms with Crippen molar-refractivity contribution in [2.24, 2.45) is 0 Å². The summed E-state index contributed by atoms with van der Waals surface area (Å²) < 4.78 is 15.4. The van der Waals surface area contributed by atoms with Gasteiger partial charge in [0.1, 0.15) is 12.3 Å². The number of phenolic OH excluding ortho intramolecular Hbond substituents is 1. The molecular weight excluding hydrogens is 601 g/mol. The van der Waals surface area contributed by atoms with E-state index in [1.807, 2.05) is 35.0 Å². The van der Waals surface area contributed by atoms with E-state index in [0.29, 0.717) is 49.2 Å². The Kier molecular flexibility index (Phi) is 8.46. The molecule has 0 amide bonds. The zero-order valence-corrected chi connectivity index (χ0v) is 28.4. The number of para-hydroxylation sites is 1. The van der Waals surface area contributed by atoms with Crippen molar-refractivity contribution in [2.45, 2.75) is 59.0 Å². The molecule has 0 aliphatic carbocycles. The average Bonchev–Trinajstić information content (AvgIpc) is 3.61. The van der Waals surface area contributed by atoms with Gasteiger partial charge in [-0.2, -0.15) is 15.1 Å². The normalized spacial score (nSPS) is 14.4. The van der Waals surface area contributed by atoms with Crippen LogP contribution < -0.4 is 9.80 Å². The second-order valence-electron chi connectivity index (χ2n) is 13.1. The Labute approximate surface area is 269 Å². The molecular formula is C33H42N8O4Si. The van der Waals surface area contributed by atoms with Crippen LogP contribution in [0, 0.1) is 0 Å². The number of imidazole rings is 1. The van der Waals surface area contributed by atoms with E-state index in [-0.39, 0.29) is 23.3 Å². The van der Waals surface area contributed by atoms with Crippen LogP contribution in [-0.2, 0) is 27.1 Å². The van der Waals surface area contributed by atoms with Gasteiger partial charge in [0.25, 0.3) is 0 Å². The maximum Gasteiger partial charge on any atom is 0.326 e. The van der Waals surface area contributed by atoms with Gasteiger partial charge in [-0.05, 0) is 55.4 Å². The SMILES string of the molecule is CCOC(=O)Cn1cnc2c(-n3nc(CO[Si](C)(C)C(C)(C)C)c4ccccc43)nc(N3CCN(c4ccc(O)cc4)CC3)nc21. The fourth-order valence-electron chi connectivity index (χ4n) is 5.36. The number of hydrogen-bond acceptors (Lipinski definition) is 10. The van der Waals surface area contributed by atoms with E-state index in [0.717, 1.165) is 35.4 Å². The molecule has 1 N–H and O–H groups in total. The van der Waals surface area contributed by atoms with Crippen LogP contribution in [0.4, 0.5) is 11.6 Å². The lowest BCUT2D eigenvalue weighted by atomic mass is 10.2. The molecule has 6 rings (SSSR count). The number of hydrogen-bond donors (Lipinski definition) is 1. The highest BCUT2D eigenvalue weighted by atomic mass is 28.4. The maximum atomic E-state index is 12.5. The second-order valence-corrected chi connectivity index (χ2v) is 17.9. The third-order valence-corrected chi connectivity index (χ3v) is 13.5. The van der Waals surface area contributed by atoms with Crippen molar-refractivity contribution in [3.63, 3.8) is 0 Å². The first kappa shape index (κ1) is 31.5. The number of nitrogens with zero attached hydrogens (tertiary/aromatic N) is 8. The van der Waals surface area contributed by atoms with E-state index in [9.17, 15) is 9.90 Å². The lowest BCUT2D eigenvalue weighted by molar-refractivity contribution is -0.143. The van der Waals surface area contributed by atoms with Gasteiger partial charge in [0.2, 0.25) is 5.95 Å². The third kappa shape index (κ3) is 6.16. The minimum absolute atomic E-state index is 0.0136. The monoisotopic (exact) mass is 642 g/mol. The summed E-state index contributed by atoms with van der Waals surface area (Å²) >= 11 is 0. The summed E-state index contributed by atoms with van der Waals surface area (Å²) in [6.45, 7) is 16.5. The number of phenols is 1. The van der Waals surface area contributed by atoms with E-state index in [2.05, 4.69) is 54.7 Å². The lowest BCUT2D eigenvalue weighted by Crippen LogP contribution is -2.47. The van der Waals surface area contributed by atoms with Crippen LogP contribution in [0.2, 0.25) is 18.1 Å². The zero-order valence-electron chi connectivity index (χ0n) is 27.4. The number of anilines is 2. The van der Waals surface area contributed by atoms with Gasteiger partial charge in [0.05, 0.1) is 30.8 Å². The Morgan fingerprint density at radius 3 is 2.37 bits per heavy atom. The van der Waals surface area contributed by atoms with Gasteiger partial charge in [-0.25, -0.2) is 9.67 Å². The summed E-state index contributed by atoms with van der Waals surface area (Å²) in [6.07, 6.45) is 1.61. The molecule has 1 fully saturated rings. The molecule has 0 saturated carbocycles. The van der Waals surface area contributed by atoms with Gasteiger partial charge in [-0.3, -0.25) is 4.79 Å². The highest BCUT2D eigenvalue weighted by molar-refractivity contribution is 6.74. The number of esters is 1. The summed E-state index contributed by atoms with van der Waals surface area (Å²) in [4.78, 5) is 31.7. The topological polar surface area (TPSA) is 124 Å². The highest BCUT2D eigenvalue weighted by Gasteiger charge is 2.37. The van der Waals surface area contributed by atoms with Crippen LogP contribution in [0.5, 0.6) is 5.75 Å². The van der Waals surface area contributed by atoms with E-state index < -0.39 is 8.32 Å². The number of piperazine rings is 1. The van der Waals surface area contributed by atoms with E-state index in [1.165, 1.54) is 0 Å². The number of aromatic hydroxyl groups is 1. The van der Waals surface area contributed by atoms with Gasteiger partial charge in [0, 0.05) is 37.3 Å². The van der Waals surface area contributed by atoms with Gasteiger partial charge < -0.3 is 28.6 Å². The third-order valence-electron chi connectivity index (χ3n) is 9.06. The molecule has 0 radical (unpaired) electrons. The zero-order chi connectivity index (χ0) is 32.6. The van der Waals surface area contributed by atoms with Crippen LogP contribution in [0.25, 0.3) is 27.9 Å². The lowest BCUT2D eigenvalue weighted by Gasteiger charge is -2.36. The summed E-state index contributed by atoms with van der Waals surface area (Å²) in [7, 11) is -2.03. The predicted octanol–water partition coefficient (Wildman–Crippen LogP) is 5.28. The van der Waals surface area contributed by atoms with Crippen molar-refractivity contribution in [3.8, 4) is 11.6 Å². The molecule has 1 saturated heterocycles. The van der Waals surface area contributed by atoms with Crippen molar-refractivity contribution in [1.29, 1.82) is 0 Å². The molecule has 0 bridgehead atoms. The Morgan fingerprint density at radius 1 is 0.978 bits per heavy atom. The number of aromatic nitrogens is 6. The minimum Gasteiger partial charge on any atom is -0.508 e. The number of carbonyl (C=O) groups excluding carboxylic acids is 1. The second kappa shape index (κ2) is 12.4. The highest BCUT2D eigenvalue weighted by Crippen LogP contribution is 2.37. The van der Waals surface area contributed by atoms with Crippen LogP contribution >= 0.6 is 0 Å². The van der Waals surface area contributed by atoms with Crippen LogP contribution in [-0.4, -0.2) is 81.5 Å². The molecule has 12 nitrogen and oxygen atoms in total. The van der Waals surface area contributed by atoms with Gasteiger partial charge in [-0.1, -0.05) is 39.0 Å². The molecule has 0 unspecified atom stereocenters. The average molecular weight is 643 g/mol. The molecule has 1 aliphatic heterocycles. The summed E-state index contributed by atoms with van der Waals surface area (Å²) in [5, 5.41) is 15.8. The molecule has 0 atom stereocenters. The summed E-state index contributed by atoms with van der Waals surface area (Å²) in [6, 6.07) is 15.3. The van der Waals surface area contributed by atoms with Crippen molar-refractivity contribution in [1.82, 2.24) is 29.3 Å². The molecule has 2 aromatic carbocycles. The Hall–Kier alpha value is -4.49. The quantitative estimate of drug-likeness (QED) is 0.168. The first-order chi connectivity index (χ1) is 21.9. The van der Waals surface area contributed by atoms with Crippen molar-refractivity contribution >= 4 is 48.0 Å². The molecule has 3 aromatic heterocycles. The molecule has 1 aliphatic rings. The Balaban J connectivity index is 1.40. The summed E-state index contributed by atoms with van der Waals surface area (Å²) in [5.74, 6) is 0.966. The van der Waals surface area contributed by atoms with Crippen LogP contribution in [0.3, 0.4) is 0 Å². The maximum absolute atomic E-state index is 12.5. The first-order valence-corrected chi connectivity index (χ1v) is 18.6. The van der Waals surface area contributed by atoms with E-state index >= 15 is 0 Å². The van der Waals surface area contributed by atoms with Gasteiger partial charge in [0.15, 0.2) is 25.3 Å². The summed E-state index contributed by atoms with van der Waals surface area (Å²) in [5.41, 5.74) is 3.85. The van der Waals surface area contributed by atoms with E-state index in [1.54, 1.807) is 30.0 Å². The van der Waals surface area contributed by atoms with Crippen LogP contribution in [0.1, 0.15) is 33.4 Å². The Morgan fingerprint density at radius 2 is 1.67 bits per heavy atom. The van der Waals surface area contributed by atoms with E-state index in [4.69, 9.17) is 24.2 Å². The van der Waals surface area contributed by atoms with Crippen molar-refractivity contribution in [2.75, 3.05) is 42.6 Å². The standard InChI is InChI=1S/C33H42N8O4Si/c1-7-44-28(43)20-40-22-34-29-30(40)35-32(39-18-16-38(17-19-39)23-12-14-24(42)15-13-23)36-31(29)41-27-11-9-8-10-25(27)26(37-41)21-45-46(5,6)33(2,3)4/h8-15,22,42H,7,16-21H2,1-6H3. The molecule has 5 aromatic rings. The fourth-order valence-corrected chi connectivity index (χ4v) is 6.29. The first-order valence-electron chi connectivity index (χ1n) is 15.7. The largest absolute Gasteiger partial charge is 0.508 e. The smallest absolute Gasteiger partial charge is 0.326 e. The molecule has 0 spiro atoms. The van der Waals surface area contributed by atoms with Crippen molar-refractivity contribution in [3.05, 3.63) is 60.6 Å². The molecule has 13 heteroatoms. The number of rotatable bonds is 9. The minimum atomic E-state index is -2.03.